The van der Waals surface area contributed by atoms with Crippen LogP contribution in [0.3, 0.4) is 0 Å². The lowest BCUT2D eigenvalue weighted by Crippen LogP contribution is -2.27. The summed E-state index contributed by atoms with van der Waals surface area (Å²) in [7, 11) is 3.32. The van der Waals surface area contributed by atoms with Crippen LogP contribution in [0.4, 0.5) is 0 Å². The second kappa shape index (κ2) is 45.8. The van der Waals surface area contributed by atoms with Crippen LogP contribution in [0, 0.1) is 34.0 Å². The number of hydrogen-bond acceptors (Lipinski definition) is 14. The molecule has 0 aromatic heterocycles. The van der Waals surface area contributed by atoms with Crippen LogP contribution in [-0.4, -0.2) is 50.0 Å². The maximum Gasteiger partial charge on any atom is 0.312 e. The summed E-state index contributed by atoms with van der Waals surface area (Å²) in [6.45, 7) is 33.0. The molecular weight excluding hydrogens is 1560 g/mol. The third-order valence-corrected chi connectivity index (χ3v) is 23.9. The Balaban J connectivity index is 0.000000170. The van der Waals surface area contributed by atoms with Gasteiger partial charge in [-0.3, -0.25) is 28.8 Å². The van der Waals surface area contributed by atoms with Crippen molar-refractivity contribution in [1.82, 2.24) is 0 Å². The molecule has 12 aromatic rings. The van der Waals surface area contributed by atoms with Crippen molar-refractivity contribution in [2.24, 2.45) is 34.0 Å². The maximum atomic E-state index is 12.4. The van der Waals surface area contributed by atoms with Crippen molar-refractivity contribution in [2.75, 3.05) is 14.2 Å². The van der Waals surface area contributed by atoms with E-state index in [0.29, 0.717) is 0 Å². The van der Waals surface area contributed by atoms with Crippen LogP contribution >= 0.6 is 0 Å². The van der Waals surface area contributed by atoms with E-state index in [-0.39, 0.29) is 90.2 Å². The molecule has 0 amide bonds. The Hall–Kier alpha value is -12.4. The van der Waals surface area contributed by atoms with E-state index in [1.807, 2.05) is 372 Å². The molecule has 654 valence electrons. The average Bonchev–Trinajstić information content (AvgIpc) is 1.13. The Kier molecular flexibility index (Phi) is 35.3. The number of ether oxygens (including phenoxy) is 8. The zero-order chi connectivity index (χ0) is 90.5. The lowest BCUT2D eigenvalue weighted by Gasteiger charge is -2.26. The van der Waals surface area contributed by atoms with Gasteiger partial charge in [0.15, 0.2) is 24.4 Å². The number of fused-ring (bicyclic) bond motifs is 8. The van der Waals surface area contributed by atoms with Gasteiger partial charge in [0, 0.05) is 22.3 Å². The first-order valence-corrected chi connectivity index (χ1v) is 43.9. The molecule has 2 aliphatic rings. The van der Waals surface area contributed by atoms with E-state index < -0.39 is 16.2 Å². The van der Waals surface area contributed by atoms with Crippen molar-refractivity contribution in [2.45, 2.75) is 193 Å². The average molecular weight is 1680 g/mol. The van der Waals surface area contributed by atoms with Crippen molar-refractivity contribution < 1.29 is 66.7 Å². The molecule has 0 aliphatic heterocycles. The number of methoxy groups -OCH3 is 2. The summed E-state index contributed by atoms with van der Waals surface area (Å²) in [6, 6.07) is 96.1. The normalized spacial score (nSPS) is 13.1. The van der Waals surface area contributed by atoms with Crippen LogP contribution in [0.2, 0.25) is 0 Å². The molecule has 14 rings (SSSR count). The van der Waals surface area contributed by atoms with E-state index in [2.05, 4.69) is 36.4 Å². The van der Waals surface area contributed by atoms with E-state index in [1.165, 1.54) is 22.3 Å². The molecular formula is C111H126O14. The van der Waals surface area contributed by atoms with Crippen LogP contribution in [0.1, 0.15) is 248 Å². The highest BCUT2D eigenvalue weighted by Gasteiger charge is 2.37. The topological polar surface area (TPSA) is 176 Å². The fourth-order valence-electron chi connectivity index (χ4n) is 13.6. The van der Waals surface area contributed by atoms with Gasteiger partial charge in [0.05, 0.1) is 48.2 Å². The molecule has 14 heteroatoms. The summed E-state index contributed by atoms with van der Waals surface area (Å²) in [5.41, 5.74) is 13.6. The first kappa shape index (κ1) is 96.4. The number of rotatable bonds is 26. The van der Waals surface area contributed by atoms with E-state index in [0.717, 1.165) is 127 Å². The van der Waals surface area contributed by atoms with Gasteiger partial charge in [0.1, 0.15) is 23.7 Å². The van der Waals surface area contributed by atoms with E-state index in [4.69, 9.17) is 37.9 Å². The molecule has 5 unspecified atom stereocenters. The summed E-state index contributed by atoms with van der Waals surface area (Å²) in [5.74, 6) is 0.614. The zero-order valence-electron chi connectivity index (χ0n) is 76.4. The van der Waals surface area contributed by atoms with Gasteiger partial charge < -0.3 is 37.9 Å². The summed E-state index contributed by atoms with van der Waals surface area (Å²) < 4.78 is 44.8. The van der Waals surface area contributed by atoms with Gasteiger partial charge in [-0.1, -0.05) is 317 Å². The fraction of sp³-hybridized carbons (Fsp3) is 0.333. The third kappa shape index (κ3) is 25.6. The van der Waals surface area contributed by atoms with Crippen molar-refractivity contribution in [3.63, 3.8) is 0 Å². The molecule has 0 bridgehead atoms. The Morgan fingerprint density at radius 3 is 0.888 bits per heavy atom. The van der Waals surface area contributed by atoms with Crippen LogP contribution < -0.4 is 9.47 Å². The second-order valence-electron chi connectivity index (χ2n) is 33.9. The van der Waals surface area contributed by atoms with Crippen molar-refractivity contribution >= 4 is 57.4 Å². The molecule has 0 heterocycles. The molecule has 0 radical (unpaired) electrons. The summed E-state index contributed by atoms with van der Waals surface area (Å²) >= 11 is 0. The minimum atomic E-state index is -0.470. The van der Waals surface area contributed by atoms with Crippen molar-refractivity contribution in [1.29, 1.82) is 0 Å². The standard InChI is InChI=1S/C19H24O3.C19H20O2.C19H22O2.C18H22O3.C18H18O2.C18H20O2/c1-6-19(3,4)18(20)22-13(2)14-7-8-16-12-17(21-5)10-9-15(16)11-14;1-4-19(2,3)18(20)21-17-15-11-7-5-9-13(15)14-10-6-8-12-16(14)17;1-4-19(2,3)18(20)21-17(15-11-7-5-8-12-15)16-13-9-6-10-14-16;1-5-12(2)18(19)21-13(3)14-6-7-16-11-17(20-4)9-8-15(16)10-14;1-3-12(2)18(19)20-17-15-10-6-4-8-13(15)14-9-5-7-11-16(14)17;1-3-14(2)18(19)20-17(15-10-6-4-7-11-15)16-12-8-5-9-13-16/h7-13H,6H2,1-5H3;5-12,17H,4H2,1-3H3;5-14,17H,4H2,1-3H3;6-13H,5H2,1-4H3;4-12,17H,3H2,1-2H3;4-14,17H,3H2,1-2H3. The fourth-order valence-corrected chi connectivity index (χ4v) is 13.6. The second-order valence-corrected chi connectivity index (χ2v) is 33.9. The van der Waals surface area contributed by atoms with Crippen LogP contribution in [0.5, 0.6) is 11.5 Å². The molecule has 5 atom stereocenters. The highest BCUT2D eigenvalue weighted by Crippen LogP contribution is 2.48. The third-order valence-electron chi connectivity index (χ3n) is 23.9. The molecule has 0 saturated heterocycles. The number of esters is 6. The summed E-state index contributed by atoms with van der Waals surface area (Å²) in [4.78, 5) is 73.2. The molecule has 125 heavy (non-hydrogen) atoms. The highest BCUT2D eigenvalue weighted by molar-refractivity contribution is 5.87. The van der Waals surface area contributed by atoms with Crippen LogP contribution in [0.25, 0.3) is 43.8 Å². The van der Waals surface area contributed by atoms with Crippen LogP contribution in [0.15, 0.2) is 291 Å². The Morgan fingerprint density at radius 2 is 0.552 bits per heavy atom. The lowest BCUT2D eigenvalue weighted by atomic mass is 9.90. The van der Waals surface area contributed by atoms with E-state index in [1.54, 1.807) is 14.2 Å². The number of benzene rings is 12. The summed E-state index contributed by atoms with van der Waals surface area (Å²) in [6.07, 6.45) is 2.93. The van der Waals surface area contributed by atoms with Crippen molar-refractivity contribution in [3.05, 3.63) is 347 Å². The monoisotopic (exact) mass is 1680 g/mol. The Bertz CT molecular complexity index is 5280. The van der Waals surface area contributed by atoms with Crippen molar-refractivity contribution in [3.8, 4) is 33.8 Å². The van der Waals surface area contributed by atoms with E-state index >= 15 is 0 Å². The molecule has 0 spiro atoms. The van der Waals surface area contributed by atoms with Gasteiger partial charge in [-0.2, -0.15) is 0 Å². The zero-order valence-corrected chi connectivity index (χ0v) is 76.4. The molecule has 0 saturated carbocycles. The smallest absolute Gasteiger partial charge is 0.312 e. The van der Waals surface area contributed by atoms with Gasteiger partial charge in [-0.25, -0.2) is 0 Å². The quantitative estimate of drug-likeness (QED) is 0.0370. The van der Waals surface area contributed by atoms with Gasteiger partial charge in [0.2, 0.25) is 0 Å². The van der Waals surface area contributed by atoms with Gasteiger partial charge >= 0.3 is 35.8 Å². The highest BCUT2D eigenvalue weighted by atomic mass is 16.6. The number of carbonyl (C=O) groups is 6. The minimum Gasteiger partial charge on any atom is -0.497 e. The van der Waals surface area contributed by atoms with Gasteiger partial charge in [-0.05, 0) is 207 Å². The number of carbonyl (C=O) groups excluding carboxylic acids is 6. The predicted octanol–water partition coefficient (Wildman–Crippen LogP) is 27.6. The lowest BCUT2D eigenvalue weighted by molar-refractivity contribution is -0.159. The predicted molar refractivity (Wildman–Crippen MR) is 502 cm³/mol. The SMILES string of the molecule is CCC(C)(C)C(=O)OC(C)c1ccc2cc(OC)ccc2c1.CCC(C)(C)C(=O)OC(c1ccccc1)c1ccccc1.CCC(C)(C)C(=O)OC1c2ccccc2-c2ccccc21.CCC(C)C(=O)OC(C)c1ccc2cc(OC)ccc2c1.CCC(C)C(=O)OC(c1ccccc1)c1ccccc1.CCC(C)C(=O)OC1c2ccccc2-c2ccccc21. The molecule has 0 fully saturated rings. The number of hydrogen-bond donors (Lipinski definition) is 0. The van der Waals surface area contributed by atoms with Gasteiger partial charge in [-0.15, -0.1) is 0 Å². The first-order valence-electron chi connectivity index (χ1n) is 43.9. The molecule has 0 N–H and O–H groups in total. The van der Waals surface area contributed by atoms with Crippen LogP contribution in [-0.2, 0) is 57.2 Å². The Morgan fingerprint density at radius 1 is 0.280 bits per heavy atom. The summed E-state index contributed by atoms with van der Waals surface area (Å²) in [5, 5.41) is 4.43. The first-order chi connectivity index (χ1) is 59.9. The largest absolute Gasteiger partial charge is 0.497 e. The molecule has 12 aromatic carbocycles. The van der Waals surface area contributed by atoms with Gasteiger partial charge in [0.25, 0.3) is 0 Å². The minimum absolute atomic E-state index is 0.0582. The Labute approximate surface area is 741 Å². The molecule has 2 aliphatic carbocycles. The van der Waals surface area contributed by atoms with E-state index in [9.17, 15) is 28.8 Å². The molecule has 14 nitrogen and oxygen atoms in total. The maximum absolute atomic E-state index is 12.4.